The molecule has 3 heterocycles. The fourth-order valence-electron chi connectivity index (χ4n) is 3.80. The van der Waals surface area contributed by atoms with Crippen molar-refractivity contribution in [3.8, 4) is 0 Å². The summed E-state index contributed by atoms with van der Waals surface area (Å²) in [5.41, 5.74) is 1.27. The average Bonchev–Trinajstić information content (AvgIpc) is 3.18. The minimum Gasteiger partial charge on any atom is -0.465 e. The molecule has 4 rings (SSSR count). The highest BCUT2D eigenvalue weighted by molar-refractivity contribution is 7.90. The summed E-state index contributed by atoms with van der Waals surface area (Å²) in [5.74, 6) is 0.612. The van der Waals surface area contributed by atoms with E-state index >= 15 is 0 Å². The van der Waals surface area contributed by atoms with Crippen LogP contribution in [0.3, 0.4) is 0 Å². The van der Waals surface area contributed by atoms with Crippen molar-refractivity contribution in [1.82, 2.24) is 18.8 Å². The molecule has 0 radical (unpaired) electrons. The molecule has 30 heavy (non-hydrogen) atoms. The number of aromatic nitrogens is 3. The maximum absolute atomic E-state index is 13.1. The van der Waals surface area contributed by atoms with Gasteiger partial charge in [-0.25, -0.2) is 27.2 Å². The topological polar surface area (TPSA) is 109 Å². The Bertz CT molecular complexity index is 1190. The SMILES string of the molecule is Cc1ccc(S(=O)(=O)n2ccc3c(N4CCCC(N(C)C(=O)O)C4)ncnc32)cc1. The minimum absolute atomic E-state index is 0.153. The van der Waals surface area contributed by atoms with E-state index in [0.717, 1.165) is 18.4 Å². The Labute approximate surface area is 174 Å². The third-order valence-corrected chi connectivity index (χ3v) is 7.23. The number of hydrogen-bond acceptors (Lipinski definition) is 6. The number of anilines is 1. The van der Waals surface area contributed by atoms with Gasteiger partial charge in [-0.15, -0.1) is 0 Å². The standard InChI is InChI=1S/C20H23N5O4S/c1-14-5-7-16(8-6-14)30(28,29)25-11-9-17-18(21-13-22-19(17)25)24-10-3-4-15(12-24)23(2)20(26)27/h5-9,11,13,15H,3-4,10,12H2,1-2H3,(H,26,27). The first-order valence-electron chi connectivity index (χ1n) is 9.64. The van der Waals surface area contributed by atoms with Gasteiger partial charge in [0, 0.05) is 26.3 Å². The van der Waals surface area contributed by atoms with Crippen molar-refractivity contribution >= 4 is 33.0 Å². The van der Waals surface area contributed by atoms with E-state index in [1.165, 1.54) is 21.4 Å². The van der Waals surface area contributed by atoms with Crippen molar-refractivity contribution in [2.24, 2.45) is 0 Å². The van der Waals surface area contributed by atoms with Gasteiger partial charge >= 0.3 is 6.09 Å². The Morgan fingerprint density at radius 1 is 1.20 bits per heavy atom. The average molecular weight is 430 g/mol. The lowest BCUT2D eigenvalue weighted by atomic mass is 10.0. The molecule has 0 aliphatic carbocycles. The van der Waals surface area contributed by atoms with Crippen LogP contribution in [0.5, 0.6) is 0 Å². The Morgan fingerprint density at radius 2 is 1.93 bits per heavy atom. The van der Waals surface area contributed by atoms with Crippen LogP contribution in [0.15, 0.2) is 47.8 Å². The maximum Gasteiger partial charge on any atom is 0.407 e. The molecule has 1 saturated heterocycles. The molecule has 1 aliphatic rings. The highest BCUT2D eigenvalue weighted by Gasteiger charge is 2.28. The largest absolute Gasteiger partial charge is 0.465 e. The number of benzene rings is 1. The molecular formula is C20H23N5O4S. The van der Waals surface area contributed by atoms with Crippen LogP contribution in [0.25, 0.3) is 11.0 Å². The zero-order chi connectivity index (χ0) is 21.5. The van der Waals surface area contributed by atoms with Gasteiger partial charge in [-0.3, -0.25) is 0 Å². The molecule has 9 nitrogen and oxygen atoms in total. The van der Waals surface area contributed by atoms with Crippen molar-refractivity contribution in [2.45, 2.75) is 30.7 Å². The number of piperidine rings is 1. The highest BCUT2D eigenvalue weighted by atomic mass is 32.2. The van der Waals surface area contributed by atoms with Crippen LogP contribution in [0.1, 0.15) is 18.4 Å². The van der Waals surface area contributed by atoms with Crippen LogP contribution in [-0.4, -0.2) is 64.6 Å². The molecule has 1 N–H and O–H groups in total. The van der Waals surface area contributed by atoms with Gasteiger partial charge in [-0.1, -0.05) is 17.7 Å². The smallest absolute Gasteiger partial charge is 0.407 e. The fraction of sp³-hybridized carbons (Fsp3) is 0.350. The van der Waals surface area contributed by atoms with Gasteiger partial charge in [0.1, 0.15) is 12.1 Å². The maximum atomic E-state index is 13.1. The Hall–Kier alpha value is -3.14. The molecule has 1 fully saturated rings. The lowest BCUT2D eigenvalue weighted by molar-refractivity contribution is 0.133. The molecule has 1 aromatic carbocycles. The fourth-order valence-corrected chi connectivity index (χ4v) is 5.11. The number of carbonyl (C=O) groups is 1. The van der Waals surface area contributed by atoms with Crippen molar-refractivity contribution in [3.63, 3.8) is 0 Å². The van der Waals surface area contributed by atoms with Gasteiger partial charge in [0.15, 0.2) is 5.65 Å². The van der Waals surface area contributed by atoms with E-state index in [-0.39, 0.29) is 10.9 Å². The van der Waals surface area contributed by atoms with Crippen LogP contribution in [0.4, 0.5) is 10.6 Å². The van der Waals surface area contributed by atoms with Crippen molar-refractivity contribution in [2.75, 3.05) is 25.0 Å². The van der Waals surface area contributed by atoms with Gasteiger partial charge < -0.3 is 14.9 Å². The number of fused-ring (bicyclic) bond motifs is 1. The predicted molar refractivity (Wildman–Crippen MR) is 112 cm³/mol. The van der Waals surface area contributed by atoms with E-state index in [4.69, 9.17) is 0 Å². The molecule has 0 saturated carbocycles. The number of hydrogen-bond donors (Lipinski definition) is 1. The van der Waals surface area contributed by atoms with Crippen LogP contribution >= 0.6 is 0 Å². The van der Waals surface area contributed by atoms with E-state index in [9.17, 15) is 18.3 Å². The van der Waals surface area contributed by atoms with Crippen molar-refractivity contribution < 1.29 is 18.3 Å². The number of carboxylic acid groups (broad SMARTS) is 1. The van der Waals surface area contributed by atoms with Gasteiger partial charge in [-0.05, 0) is 38.0 Å². The summed E-state index contributed by atoms with van der Waals surface area (Å²) in [6.07, 6.45) is 3.46. The number of nitrogens with zero attached hydrogens (tertiary/aromatic N) is 5. The second-order valence-electron chi connectivity index (χ2n) is 7.50. The molecule has 1 amide bonds. The van der Waals surface area contributed by atoms with Gasteiger partial charge in [0.05, 0.1) is 16.3 Å². The number of rotatable bonds is 4. The molecule has 2 aromatic heterocycles. The first-order chi connectivity index (χ1) is 14.3. The molecule has 1 unspecified atom stereocenters. The van der Waals surface area contributed by atoms with Gasteiger partial charge in [0.25, 0.3) is 10.0 Å². The Morgan fingerprint density at radius 3 is 2.63 bits per heavy atom. The van der Waals surface area contributed by atoms with Gasteiger partial charge in [-0.2, -0.15) is 0 Å². The molecule has 1 aliphatic heterocycles. The summed E-state index contributed by atoms with van der Waals surface area (Å²) < 4.78 is 27.5. The quantitative estimate of drug-likeness (QED) is 0.679. The van der Waals surface area contributed by atoms with Crippen LogP contribution in [0.2, 0.25) is 0 Å². The summed E-state index contributed by atoms with van der Waals surface area (Å²) in [4.78, 5) is 23.5. The van der Waals surface area contributed by atoms with Gasteiger partial charge in [0.2, 0.25) is 0 Å². The second kappa shape index (κ2) is 7.60. The summed E-state index contributed by atoms with van der Waals surface area (Å²) >= 11 is 0. The third kappa shape index (κ3) is 3.47. The Kier molecular flexibility index (Phi) is 5.10. The number of amides is 1. The van der Waals surface area contributed by atoms with Crippen molar-refractivity contribution in [1.29, 1.82) is 0 Å². The van der Waals surface area contributed by atoms with Crippen LogP contribution < -0.4 is 4.90 Å². The zero-order valence-electron chi connectivity index (χ0n) is 16.8. The summed E-state index contributed by atoms with van der Waals surface area (Å²) in [5, 5.41) is 9.91. The molecule has 3 aromatic rings. The summed E-state index contributed by atoms with van der Waals surface area (Å²) in [6.45, 7) is 3.10. The first-order valence-corrected chi connectivity index (χ1v) is 11.1. The van der Waals surface area contributed by atoms with E-state index in [0.29, 0.717) is 29.9 Å². The molecule has 0 spiro atoms. The van der Waals surface area contributed by atoms with Crippen LogP contribution in [-0.2, 0) is 10.0 Å². The van der Waals surface area contributed by atoms with E-state index in [1.807, 2.05) is 11.8 Å². The molecule has 0 bridgehead atoms. The minimum atomic E-state index is -3.80. The molecular weight excluding hydrogens is 406 g/mol. The van der Waals surface area contributed by atoms with Crippen molar-refractivity contribution in [3.05, 3.63) is 48.4 Å². The Balaban J connectivity index is 1.72. The summed E-state index contributed by atoms with van der Waals surface area (Å²) in [7, 11) is -2.23. The zero-order valence-corrected chi connectivity index (χ0v) is 17.6. The molecule has 1 atom stereocenters. The monoisotopic (exact) mass is 429 g/mol. The van der Waals surface area contributed by atoms with E-state index in [2.05, 4.69) is 9.97 Å². The number of aryl methyl sites for hydroxylation is 1. The third-order valence-electron chi connectivity index (χ3n) is 5.55. The molecule has 10 heteroatoms. The second-order valence-corrected chi connectivity index (χ2v) is 9.31. The number of likely N-dealkylation sites (N-methyl/N-ethyl adjacent to an activating group) is 1. The predicted octanol–water partition coefficient (Wildman–Crippen LogP) is 2.56. The first kappa shape index (κ1) is 20.1. The highest BCUT2D eigenvalue weighted by Crippen LogP contribution is 2.29. The molecule has 158 valence electrons. The lowest BCUT2D eigenvalue weighted by Gasteiger charge is -2.37. The van der Waals surface area contributed by atoms with E-state index in [1.54, 1.807) is 37.4 Å². The van der Waals surface area contributed by atoms with E-state index < -0.39 is 16.1 Å². The normalized spacial score (nSPS) is 17.3. The summed E-state index contributed by atoms with van der Waals surface area (Å²) in [6, 6.07) is 8.21. The lowest BCUT2D eigenvalue weighted by Crippen LogP contribution is -2.48. The van der Waals surface area contributed by atoms with Crippen LogP contribution in [0, 0.1) is 6.92 Å².